The molecule has 0 amide bonds. The quantitative estimate of drug-likeness (QED) is 0.318. The molecule has 2 aliphatic rings. The zero-order chi connectivity index (χ0) is 22.5. The molecule has 1 unspecified atom stereocenters. The average Bonchev–Trinajstić information content (AvgIpc) is 2.84. The maximum atomic E-state index is 13.8. The van der Waals surface area contributed by atoms with Crippen molar-refractivity contribution >= 4 is 39.4 Å². The first kappa shape index (κ1) is 20.0. The highest BCUT2D eigenvalue weighted by Gasteiger charge is 2.32. The van der Waals surface area contributed by atoms with Crippen LogP contribution in [0.2, 0.25) is 5.02 Å². The Morgan fingerprint density at radius 1 is 0.848 bits per heavy atom. The number of carbonyl (C=O) groups excluding carboxylic acids is 1. The summed E-state index contributed by atoms with van der Waals surface area (Å²) in [4.78, 5) is 13.8. The lowest BCUT2D eigenvalue weighted by atomic mass is 9.72. The number of fused-ring (bicyclic) bond motifs is 4. The number of halogens is 1. The lowest BCUT2D eigenvalue weighted by Crippen LogP contribution is -2.18. The van der Waals surface area contributed by atoms with Gasteiger partial charge in [-0.05, 0) is 57.8 Å². The molecule has 2 aliphatic carbocycles. The Morgan fingerprint density at radius 2 is 1.64 bits per heavy atom. The van der Waals surface area contributed by atoms with Gasteiger partial charge in [-0.15, -0.1) is 0 Å². The van der Waals surface area contributed by atoms with E-state index in [4.69, 9.17) is 17.3 Å². The molecule has 2 N–H and O–H groups in total. The molecule has 0 spiro atoms. The summed E-state index contributed by atoms with van der Waals surface area (Å²) >= 11 is 6.58. The van der Waals surface area contributed by atoms with Crippen LogP contribution in [0.5, 0.6) is 0 Å². The van der Waals surface area contributed by atoms with Gasteiger partial charge in [0, 0.05) is 39.6 Å². The van der Waals surface area contributed by atoms with E-state index in [1.807, 2.05) is 42.5 Å². The topological polar surface area (TPSA) is 43.1 Å². The fourth-order valence-electron chi connectivity index (χ4n) is 5.42. The van der Waals surface area contributed by atoms with Gasteiger partial charge in [0.25, 0.3) is 0 Å². The SMILES string of the molecule is Nc1cc(-c2ccccc2Cl)c2c3c(ccc2c1)C1=C(CC3=O)C(c2ccccc2)CC=C1. The second kappa shape index (κ2) is 7.75. The molecular weight excluding hydrogens is 426 g/mol. The van der Waals surface area contributed by atoms with Crippen molar-refractivity contribution in [3.63, 3.8) is 0 Å². The standard InChI is InChI=1S/C30H22ClNO/c31-27-12-5-4-9-23(27)26-16-20(32)15-19-13-14-24-22-11-6-10-21(18-7-2-1-3-8-18)25(22)17-28(33)30(24)29(19)26/h1-9,11-16,21H,10,17,32H2. The third-order valence-corrected chi connectivity index (χ3v) is 7.18. The number of ketones is 1. The predicted molar refractivity (Wildman–Crippen MR) is 138 cm³/mol. The number of nitrogen functional groups attached to an aromatic ring is 1. The van der Waals surface area contributed by atoms with Crippen LogP contribution >= 0.6 is 11.6 Å². The Hall–Kier alpha value is -3.62. The van der Waals surface area contributed by atoms with Crippen molar-refractivity contribution in [1.29, 1.82) is 0 Å². The van der Waals surface area contributed by atoms with Crippen LogP contribution in [0.25, 0.3) is 27.5 Å². The second-order valence-electron chi connectivity index (χ2n) is 8.77. The van der Waals surface area contributed by atoms with E-state index >= 15 is 0 Å². The molecule has 2 nitrogen and oxygen atoms in total. The van der Waals surface area contributed by atoms with Gasteiger partial charge in [0.15, 0.2) is 5.78 Å². The van der Waals surface area contributed by atoms with Gasteiger partial charge in [0.05, 0.1) is 0 Å². The Kier molecular flexibility index (Phi) is 4.70. The molecule has 3 heteroatoms. The van der Waals surface area contributed by atoms with Crippen LogP contribution in [0.1, 0.15) is 40.2 Å². The number of anilines is 1. The number of allylic oxidation sites excluding steroid dienone is 4. The molecule has 6 rings (SSSR count). The molecular formula is C30H22ClNO. The van der Waals surface area contributed by atoms with Crippen molar-refractivity contribution in [2.45, 2.75) is 18.8 Å². The Labute approximate surface area is 198 Å². The lowest BCUT2D eigenvalue weighted by molar-refractivity contribution is 0.0991. The van der Waals surface area contributed by atoms with E-state index in [1.165, 1.54) is 16.7 Å². The third-order valence-electron chi connectivity index (χ3n) is 6.85. The van der Waals surface area contributed by atoms with E-state index < -0.39 is 0 Å². The van der Waals surface area contributed by atoms with Crippen molar-refractivity contribution in [3.05, 3.63) is 118 Å². The van der Waals surface area contributed by atoms with E-state index in [2.05, 4.69) is 48.6 Å². The predicted octanol–water partition coefficient (Wildman–Crippen LogP) is 7.83. The summed E-state index contributed by atoms with van der Waals surface area (Å²) in [6.07, 6.45) is 5.77. The van der Waals surface area contributed by atoms with Gasteiger partial charge in [-0.1, -0.05) is 84.4 Å². The average molecular weight is 448 g/mol. The highest BCUT2D eigenvalue weighted by molar-refractivity contribution is 6.34. The van der Waals surface area contributed by atoms with E-state index in [0.29, 0.717) is 17.1 Å². The maximum absolute atomic E-state index is 13.8. The zero-order valence-electron chi connectivity index (χ0n) is 18.0. The largest absolute Gasteiger partial charge is 0.399 e. The van der Waals surface area contributed by atoms with Crippen LogP contribution in [0, 0.1) is 0 Å². The van der Waals surface area contributed by atoms with Crippen LogP contribution < -0.4 is 5.73 Å². The number of nitrogens with two attached hydrogens (primary N) is 1. The van der Waals surface area contributed by atoms with Gasteiger partial charge in [0.1, 0.15) is 0 Å². The summed E-state index contributed by atoms with van der Waals surface area (Å²) in [5.74, 6) is 0.386. The number of rotatable bonds is 2. The molecule has 4 aromatic rings. The highest BCUT2D eigenvalue weighted by atomic mass is 35.5. The summed E-state index contributed by atoms with van der Waals surface area (Å²) in [6, 6.07) is 26.3. The molecule has 0 aromatic heterocycles. The van der Waals surface area contributed by atoms with E-state index in [0.717, 1.165) is 39.4 Å². The summed E-state index contributed by atoms with van der Waals surface area (Å²) < 4.78 is 0. The normalized spacial score (nSPS) is 17.2. The van der Waals surface area contributed by atoms with E-state index in [9.17, 15) is 4.79 Å². The number of hydrogen-bond acceptors (Lipinski definition) is 2. The molecule has 0 heterocycles. The molecule has 160 valence electrons. The molecule has 0 fully saturated rings. The van der Waals surface area contributed by atoms with Gasteiger partial charge >= 0.3 is 0 Å². The lowest BCUT2D eigenvalue weighted by Gasteiger charge is -2.31. The van der Waals surface area contributed by atoms with Gasteiger partial charge in [-0.2, -0.15) is 0 Å². The van der Waals surface area contributed by atoms with Crippen LogP contribution in [-0.4, -0.2) is 5.78 Å². The Morgan fingerprint density at radius 3 is 2.45 bits per heavy atom. The molecule has 0 bridgehead atoms. The molecule has 0 saturated carbocycles. The first-order valence-corrected chi connectivity index (χ1v) is 11.6. The molecule has 0 aliphatic heterocycles. The van der Waals surface area contributed by atoms with Crippen molar-refractivity contribution in [3.8, 4) is 11.1 Å². The summed E-state index contributed by atoms with van der Waals surface area (Å²) in [5.41, 5.74) is 14.1. The summed E-state index contributed by atoms with van der Waals surface area (Å²) in [7, 11) is 0. The summed E-state index contributed by atoms with van der Waals surface area (Å²) in [5, 5.41) is 2.54. The Bertz CT molecular complexity index is 1500. The van der Waals surface area contributed by atoms with Crippen molar-refractivity contribution < 1.29 is 4.79 Å². The summed E-state index contributed by atoms with van der Waals surface area (Å²) in [6.45, 7) is 0. The van der Waals surface area contributed by atoms with Crippen LogP contribution in [0.15, 0.2) is 96.6 Å². The van der Waals surface area contributed by atoms with Crippen LogP contribution in [0.4, 0.5) is 5.69 Å². The third kappa shape index (κ3) is 3.21. The number of benzene rings is 4. The minimum Gasteiger partial charge on any atom is -0.399 e. The van der Waals surface area contributed by atoms with Crippen LogP contribution in [0.3, 0.4) is 0 Å². The van der Waals surface area contributed by atoms with E-state index in [1.54, 1.807) is 0 Å². The molecule has 1 atom stereocenters. The van der Waals surface area contributed by atoms with Crippen molar-refractivity contribution in [2.75, 3.05) is 5.73 Å². The van der Waals surface area contributed by atoms with Crippen molar-refractivity contribution in [2.24, 2.45) is 0 Å². The van der Waals surface area contributed by atoms with Gasteiger partial charge in [0.2, 0.25) is 0 Å². The maximum Gasteiger partial charge on any atom is 0.168 e. The minimum absolute atomic E-state index is 0.156. The highest BCUT2D eigenvalue weighted by Crippen LogP contribution is 2.47. The first-order valence-electron chi connectivity index (χ1n) is 11.2. The molecule has 0 saturated heterocycles. The van der Waals surface area contributed by atoms with E-state index in [-0.39, 0.29) is 11.7 Å². The number of hydrogen-bond donors (Lipinski definition) is 1. The minimum atomic E-state index is 0.156. The van der Waals surface area contributed by atoms with Gasteiger partial charge in [-0.25, -0.2) is 0 Å². The van der Waals surface area contributed by atoms with Crippen molar-refractivity contribution in [1.82, 2.24) is 0 Å². The zero-order valence-corrected chi connectivity index (χ0v) is 18.8. The molecule has 33 heavy (non-hydrogen) atoms. The Balaban J connectivity index is 1.64. The monoisotopic (exact) mass is 447 g/mol. The molecule has 4 aromatic carbocycles. The molecule has 0 radical (unpaired) electrons. The second-order valence-corrected chi connectivity index (χ2v) is 9.18. The number of Topliss-reactive ketones (excluding diaryl/α,β-unsaturated/α-hetero) is 1. The van der Waals surface area contributed by atoms with Gasteiger partial charge < -0.3 is 5.73 Å². The van der Waals surface area contributed by atoms with Crippen LogP contribution in [-0.2, 0) is 0 Å². The van der Waals surface area contributed by atoms with Gasteiger partial charge in [-0.3, -0.25) is 4.79 Å². The smallest absolute Gasteiger partial charge is 0.168 e. The fraction of sp³-hybridized carbons (Fsp3) is 0.100. The number of carbonyl (C=O) groups is 1. The fourth-order valence-corrected chi connectivity index (χ4v) is 5.66. The first-order chi connectivity index (χ1) is 16.1.